The van der Waals surface area contributed by atoms with Gasteiger partial charge in [-0.15, -0.1) is 0 Å². The van der Waals surface area contributed by atoms with Gasteiger partial charge >= 0.3 is 0 Å². The molecule has 0 saturated heterocycles. The summed E-state index contributed by atoms with van der Waals surface area (Å²) in [4.78, 5) is 0. The summed E-state index contributed by atoms with van der Waals surface area (Å²) in [7, 11) is 0. The van der Waals surface area contributed by atoms with Gasteiger partial charge in [-0.05, 0) is 34.0 Å². The molecule has 2 atom stereocenters. The summed E-state index contributed by atoms with van der Waals surface area (Å²) in [5, 5.41) is 0. The Hall–Kier alpha value is 0. The fourth-order valence-electron chi connectivity index (χ4n) is 3.84. The van der Waals surface area contributed by atoms with Gasteiger partial charge in [-0.1, -0.05) is 82.6 Å². The van der Waals surface area contributed by atoms with Gasteiger partial charge in [0.2, 0.25) is 0 Å². The molecule has 0 nitrogen and oxygen atoms in total. The first-order valence-electron chi connectivity index (χ1n) is 7.80. The van der Waals surface area contributed by atoms with E-state index in [0.717, 1.165) is 17.8 Å². The van der Waals surface area contributed by atoms with Crippen molar-refractivity contribution in [3.63, 3.8) is 0 Å². The maximum atomic E-state index is 2.50. The summed E-state index contributed by atoms with van der Waals surface area (Å²) in [6, 6.07) is 0. The van der Waals surface area contributed by atoms with Crippen LogP contribution in [0.1, 0.15) is 82.6 Å². The molecule has 0 aromatic carbocycles. The van der Waals surface area contributed by atoms with Gasteiger partial charge in [0.1, 0.15) is 0 Å². The molecule has 0 aliphatic heterocycles. The van der Waals surface area contributed by atoms with Crippen LogP contribution in [0.3, 0.4) is 0 Å². The van der Waals surface area contributed by atoms with Crippen LogP contribution < -0.4 is 0 Å². The third-order valence-electron chi connectivity index (χ3n) is 6.29. The van der Waals surface area contributed by atoms with Crippen molar-refractivity contribution in [1.82, 2.24) is 0 Å². The Bertz CT molecular complexity index is 250. The highest BCUT2D eigenvalue weighted by Crippen LogP contribution is 2.57. The van der Waals surface area contributed by atoms with Crippen molar-refractivity contribution in [2.24, 2.45) is 34.0 Å². The zero-order chi connectivity index (χ0) is 14.9. The Labute approximate surface area is 117 Å². The summed E-state index contributed by atoms with van der Waals surface area (Å²) in [5.74, 6) is 2.31. The lowest BCUT2D eigenvalue weighted by molar-refractivity contribution is -0.0804. The molecular formula is C18H38. The summed E-state index contributed by atoms with van der Waals surface area (Å²) in [6.45, 7) is 26.7. The largest absolute Gasteiger partial charge is 0.0651 e. The second-order valence-corrected chi connectivity index (χ2v) is 8.75. The second kappa shape index (κ2) is 5.55. The molecule has 0 N–H and O–H groups in total. The predicted molar refractivity (Wildman–Crippen MR) is 84.8 cm³/mol. The van der Waals surface area contributed by atoms with Crippen molar-refractivity contribution in [3.8, 4) is 0 Å². The highest BCUT2D eigenvalue weighted by atomic mass is 14.6. The Morgan fingerprint density at radius 1 is 0.778 bits per heavy atom. The van der Waals surface area contributed by atoms with Gasteiger partial charge in [-0.2, -0.15) is 0 Å². The molecule has 0 aromatic rings. The van der Waals surface area contributed by atoms with E-state index in [4.69, 9.17) is 0 Å². The van der Waals surface area contributed by atoms with Gasteiger partial charge in [0.15, 0.2) is 0 Å². The van der Waals surface area contributed by atoms with E-state index in [1.807, 2.05) is 0 Å². The second-order valence-electron chi connectivity index (χ2n) is 8.75. The van der Waals surface area contributed by atoms with Crippen LogP contribution in [0.4, 0.5) is 0 Å². The summed E-state index contributed by atoms with van der Waals surface area (Å²) >= 11 is 0. The van der Waals surface area contributed by atoms with Crippen molar-refractivity contribution in [1.29, 1.82) is 0 Å². The van der Waals surface area contributed by atoms with Crippen molar-refractivity contribution in [2.45, 2.75) is 82.6 Å². The van der Waals surface area contributed by atoms with Crippen LogP contribution in [-0.2, 0) is 0 Å². The molecule has 110 valence electrons. The fraction of sp³-hybridized carbons (Fsp3) is 1.00. The monoisotopic (exact) mass is 254 g/mol. The Kier molecular flexibility index (Phi) is 5.55. The van der Waals surface area contributed by atoms with Crippen LogP contribution in [0.5, 0.6) is 0 Å². The van der Waals surface area contributed by atoms with E-state index in [9.17, 15) is 0 Å². The molecule has 0 radical (unpaired) electrons. The lowest BCUT2D eigenvalue weighted by Gasteiger charge is -2.57. The Morgan fingerprint density at radius 2 is 1.17 bits per heavy atom. The van der Waals surface area contributed by atoms with Gasteiger partial charge < -0.3 is 0 Å². The van der Waals surface area contributed by atoms with Crippen LogP contribution >= 0.6 is 0 Å². The molecule has 0 aliphatic carbocycles. The SMILES string of the molecule is CCC(C)C(C(C)C)C(C)(C)C(C)(C)C(C)(C)C. The van der Waals surface area contributed by atoms with Crippen LogP contribution in [-0.4, -0.2) is 0 Å². The van der Waals surface area contributed by atoms with Crippen LogP contribution in [0, 0.1) is 34.0 Å². The van der Waals surface area contributed by atoms with E-state index in [1.165, 1.54) is 6.42 Å². The molecule has 0 rings (SSSR count). The zero-order valence-electron chi connectivity index (χ0n) is 14.9. The first-order chi connectivity index (χ1) is 7.80. The molecule has 0 heterocycles. The predicted octanol–water partition coefficient (Wildman–Crippen LogP) is 6.40. The number of rotatable bonds is 5. The number of hydrogen-bond acceptors (Lipinski definition) is 0. The van der Waals surface area contributed by atoms with Gasteiger partial charge in [0.25, 0.3) is 0 Å². The topological polar surface area (TPSA) is 0 Å². The van der Waals surface area contributed by atoms with Gasteiger partial charge in [0.05, 0.1) is 0 Å². The van der Waals surface area contributed by atoms with Crippen LogP contribution in [0.2, 0.25) is 0 Å². The zero-order valence-corrected chi connectivity index (χ0v) is 14.9. The molecule has 0 amide bonds. The van der Waals surface area contributed by atoms with Gasteiger partial charge in [-0.25, -0.2) is 0 Å². The van der Waals surface area contributed by atoms with Crippen LogP contribution in [0.25, 0.3) is 0 Å². The first-order valence-corrected chi connectivity index (χ1v) is 7.80. The van der Waals surface area contributed by atoms with E-state index in [0.29, 0.717) is 16.2 Å². The van der Waals surface area contributed by atoms with Crippen LogP contribution in [0.15, 0.2) is 0 Å². The Balaban J connectivity index is 5.57. The lowest BCUT2D eigenvalue weighted by atomic mass is 9.48. The van der Waals surface area contributed by atoms with E-state index in [1.54, 1.807) is 0 Å². The molecule has 0 aliphatic rings. The minimum Gasteiger partial charge on any atom is -0.0651 e. The van der Waals surface area contributed by atoms with Crippen molar-refractivity contribution >= 4 is 0 Å². The van der Waals surface area contributed by atoms with Gasteiger partial charge in [-0.3, -0.25) is 0 Å². The minimum absolute atomic E-state index is 0.318. The normalized spacial score (nSPS) is 18.0. The first kappa shape index (κ1) is 18.0. The molecular weight excluding hydrogens is 216 g/mol. The minimum atomic E-state index is 0.318. The molecule has 0 fully saturated rings. The fourth-order valence-corrected chi connectivity index (χ4v) is 3.84. The average molecular weight is 255 g/mol. The lowest BCUT2D eigenvalue weighted by Crippen LogP contribution is -2.50. The third-order valence-corrected chi connectivity index (χ3v) is 6.29. The standard InChI is InChI=1S/C18H38/c1-12-14(4)15(13(2)3)17(8,9)18(10,11)16(5,6)7/h13-15H,12H2,1-11H3. The van der Waals surface area contributed by atoms with E-state index in [-0.39, 0.29) is 0 Å². The molecule has 0 spiro atoms. The third kappa shape index (κ3) is 3.11. The van der Waals surface area contributed by atoms with Crippen molar-refractivity contribution in [2.75, 3.05) is 0 Å². The number of hydrogen-bond donors (Lipinski definition) is 0. The van der Waals surface area contributed by atoms with Gasteiger partial charge in [0, 0.05) is 0 Å². The van der Waals surface area contributed by atoms with E-state index in [2.05, 4.69) is 76.2 Å². The highest BCUT2D eigenvalue weighted by molar-refractivity contribution is 4.99. The summed E-state index contributed by atoms with van der Waals surface area (Å²) < 4.78 is 0. The average Bonchev–Trinajstić information content (AvgIpc) is 2.14. The van der Waals surface area contributed by atoms with Crippen molar-refractivity contribution in [3.05, 3.63) is 0 Å². The molecule has 0 aromatic heterocycles. The van der Waals surface area contributed by atoms with Crippen molar-refractivity contribution < 1.29 is 0 Å². The molecule has 0 heteroatoms. The quantitative estimate of drug-likeness (QED) is 0.532. The van der Waals surface area contributed by atoms with E-state index < -0.39 is 0 Å². The maximum absolute atomic E-state index is 2.50. The highest BCUT2D eigenvalue weighted by Gasteiger charge is 2.50. The molecule has 18 heavy (non-hydrogen) atoms. The molecule has 0 bridgehead atoms. The maximum Gasteiger partial charge on any atom is -0.0251 e. The molecule has 0 saturated carbocycles. The summed E-state index contributed by atoms with van der Waals surface area (Å²) in [6.07, 6.45) is 1.28. The Morgan fingerprint density at radius 3 is 1.39 bits per heavy atom. The smallest absolute Gasteiger partial charge is 0.0251 e. The van der Waals surface area contributed by atoms with E-state index >= 15 is 0 Å². The molecule has 2 unspecified atom stereocenters. The summed E-state index contributed by atoms with van der Waals surface area (Å²) in [5.41, 5.74) is 0.990.